The molecular formula is C13H16N6O3. The second-order valence-electron chi connectivity index (χ2n) is 4.69. The Morgan fingerprint density at radius 2 is 2.45 bits per heavy atom. The van der Waals surface area contributed by atoms with Crippen LogP contribution in [-0.2, 0) is 9.53 Å². The predicted octanol–water partition coefficient (Wildman–Crippen LogP) is -0.402. The van der Waals surface area contributed by atoms with Gasteiger partial charge >= 0.3 is 0 Å². The Morgan fingerprint density at radius 3 is 3.14 bits per heavy atom. The maximum Gasteiger partial charge on any atom is 0.254 e. The fourth-order valence-corrected chi connectivity index (χ4v) is 2.18. The number of aromatic nitrogens is 4. The van der Waals surface area contributed by atoms with Crippen molar-refractivity contribution in [3.05, 3.63) is 24.5 Å². The predicted molar refractivity (Wildman–Crippen MR) is 76.9 cm³/mol. The van der Waals surface area contributed by atoms with Crippen molar-refractivity contribution in [3.8, 4) is 11.4 Å². The van der Waals surface area contributed by atoms with E-state index in [1.54, 1.807) is 25.3 Å². The highest BCUT2D eigenvalue weighted by molar-refractivity contribution is 5.94. The minimum absolute atomic E-state index is 0.194. The van der Waals surface area contributed by atoms with Crippen molar-refractivity contribution in [2.45, 2.75) is 6.10 Å². The molecule has 1 fully saturated rings. The molecule has 0 radical (unpaired) electrons. The number of rotatable bonds is 4. The number of nitrogens with one attached hydrogen (secondary N) is 2. The number of tetrazole rings is 1. The molecule has 1 atom stereocenters. The van der Waals surface area contributed by atoms with Crippen LogP contribution in [0.3, 0.4) is 0 Å². The smallest absolute Gasteiger partial charge is 0.254 e. The molecule has 1 aliphatic heterocycles. The van der Waals surface area contributed by atoms with E-state index in [1.165, 1.54) is 11.0 Å². The Kier molecular flexibility index (Phi) is 4.26. The van der Waals surface area contributed by atoms with Gasteiger partial charge in [-0.2, -0.15) is 4.68 Å². The molecule has 3 rings (SSSR count). The lowest BCUT2D eigenvalue weighted by molar-refractivity contribution is -0.128. The average Bonchev–Trinajstić information content (AvgIpc) is 3.10. The fourth-order valence-electron chi connectivity index (χ4n) is 2.18. The second kappa shape index (κ2) is 6.50. The second-order valence-corrected chi connectivity index (χ2v) is 4.69. The molecule has 0 spiro atoms. The summed E-state index contributed by atoms with van der Waals surface area (Å²) in [5.41, 5.74) is 1.25. The van der Waals surface area contributed by atoms with E-state index in [-0.39, 0.29) is 5.91 Å². The highest BCUT2D eigenvalue weighted by Crippen LogP contribution is 2.25. The van der Waals surface area contributed by atoms with E-state index in [0.29, 0.717) is 30.3 Å². The van der Waals surface area contributed by atoms with E-state index >= 15 is 0 Å². The number of carbonyl (C=O) groups excluding carboxylic acids is 1. The molecule has 2 heterocycles. The number of carbonyl (C=O) groups is 1. The molecule has 2 N–H and O–H groups in total. The Morgan fingerprint density at radius 1 is 1.55 bits per heavy atom. The number of amides is 1. The fraction of sp³-hybridized carbons (Fsp3) is 0.385. The van der Waals surface area contributed by atoms with Gasteiger partial charge in [0.15, 0.2) is 0 Å². The number of methoxy groups -OCH3 is 1. The standard InChI is InChI=1S/C13H16N6O3/c1-21-11-3-2-9(6-10(11)19-8-15-17-18-19)16-13(20)12-7-14-4-5-22-12/h2-3,6,8,12,14H,4-5,7H2,1H3,(H,16,20). The number of anilines is 1. The van der Waals surface area contributed by atoms with E-state index in [1.807, 2.05) is 0 Å². The molecule has 1 saturated heterocycles. The number of nitrogens with zero attached hydrogens (tertiary/aromatic N) is 4. The highest BCUT2D eigenvalue weighted by Gasteiger charge is 2.22. The van der Waals surface area contributed by atoms with Crippen molar-refractivity contribution in [2.75, 3.05) is 32.1 Å². The maximum absolute atomic E-state index is 12.2. The number of ether oxygens (including phenoxy) is 2. The molecule has 9 nitrogen and oxygen atoms in total. The quantitative estimate of drug-likeness (QED) is 0.792. The van der Waals surface area contributed by atoms with Gasteiger partial charge in [-0.25, -0.2) is 0 Å². The summed E-state index contributed by atoms with van der Waals surface area (Å²) in [5, 5.41) is 17.0. The van der Waals surface area contributed by atoms with Crippen LogP contribution in [0.4, 0.5) is 5.69 Å². The number of hydrogen-bond donors (Lipinski definition) is 2. The van der Waals surface area contributed by atoms with Gasteiger partial charge in [-0.05, 0) is 28.6 Å². The van der Waals surface area contributed by atoms with Crippen molar-refractivity contribution in [1.82, 2.24) is 25.5 Å². The molecule has 2 aromatic rings. The summed E-state index contributed by atoms with van der Waals surface area (Å²) in [6.07, 6.45) is 0.963. The van der Waals surface area contributed by atoms with Crippen LogP contribution in [-0.4, -0.2) is 59.0 Å². The molecule has 9 heteroatoms. The van der Waals surface area contributed by atoms with Crippen LogP contribution >= 0.6 is 0 Å². The minimum atomic E-state index is -0.493. The summed E-state index contributed by atoms with van der Waals surface area (Å²) in [6, 6.07) is 5.23. The number of hydrogen-bond acceptors (Lipinski definition) is 7. The summed E-state index contributed by atoms with van der Waals surface area (Å²) in [7, 11) is 1.56. The van der Waals surface area contributed by atoms with Crippen LogP contribution in [0.25, 0.3) is 5.69 Å². The van der Waals surface area contributed by atoms with Gasteiger partial charge in [0.1, 0.15) is 23.9 Å². The lowest BCUT2D eigenvalue weighted by Crippen LogP contribution is -2.45. The zero-order valence-electron chi connectivity index (χ0n) is 12.0. The summed E-state index contributed by atoms with van der Waals surface area (Å²) < 4.78 is 12.2. The molecular weight excluding hydrogens is 288 g/mol. The molecule has 0 bridgehead atoms. The first-order valence-corrected chi connectivity index (χ1v) is 6.82. The monoisotopic (exact) mass is 304 g/mol. The summed E-state index contributed by atoms with van der Waals surface area (Å²) >= 11 is 0. The van der Waals surface area contributed by atoms with Gasteiger partial charge in [0, 0.05) is 18.8 Å². The van der Waals surface area contributed by atoms with Crippen LogP contribution in [0, 0.1) is 0 Å². The van der Waals surface area contributed by atoms with E-state index in [9.17, 15) is 4.79 Å². The normalized spacial score (nSPS) is 18.0. The van der Waals surface area contributed by atoms with Crippen molar-refractivity contribution in [3.63, 3.8) is 0 Å². The third-order valence-electron chi connectivity index (χ3n) is 3.26. The van der Waals surface area contributed by atoms with E-state index in [4.69, 9.17) is 9.47 Å². The van der Waals surface area contributed by atoms with Gasteiger partial charge in [-0.15, -0.1) is 5.10 Å². The molecule has 1 aromatic heterocycles. The van der Waals surface area contributed by atoms with Crippen LogP contribution in [0.15, 0.2) is 24.5 Å². The van der Waals surface area contributed by atoms with E-state index in [2.05, 4.69) is 26.2 Å². The van der Waals surface area contributed by atoms with Gasteiger partial charge in [-0.3, -0.25) is 4.79 Å². The first kappa shape index (κ1) is 14.4. The van der Waals surface area contributed by atoms with Crippen molar-refractivity contribution in [2.24, 2.45) is 0 Å². The first-order valence-electron chi connectivity index (χ1n) is 6.82. The zero-order valence-corrected chi connectivity index (χ0v) is 12.0. The van der Waals surface area contributed by atoms with Crippen LogP contribution in [0.2, 0.25) is 0 Å². The molecule has 1 amide bonds. The van der Waals surface area contributed by atoms with E-state index in [0.717, 1.165) is 6.54 Å². The van der Waals surface area contributed by atoms with Crippen molar-refractivity contribution < 1.29 is 14.3 Å². The van der Waals surface area contributed by atoms with Crippen molar-refractivity contribution in [1.29, 1.82) is 0 Å². The van der Waals surface area contributed by atoms with Crippen LogP contribution in [0.1, 0.15) is 0 Å². The molecule has 1 aliphatic rings. The highest BCUT2D eigenvalue weighted by atomic mass is 16.5. The molecule has 0 aliphatic carbocycles. The third kappa shape index (κ3) is 3.05. The van der Waals surface area contributed by atoms with Crippen LogP contribution < -0.4 is 15.4 Å². The largest absolute Gasteiger partial charge is 0.494 e. The van der Waals surface area contributed by atoms with Crippen molar-refractivity contribution >= 4 is 11.6 Å². The molecule has 22 heavy (non-hydrogen) atoms. The minimum Gasteiger partial charge on any atom is -0.494 e. The Balaban J connectivity index is 1.79. The first-order chi connectivity index (χ1) is 10.8. The Bertz CT molecular complexity index is 639. The van der Waals surface area contributed by atoms with E-state index < -0.39 is 6.10 Å². The number of morpholine rings is 1. The lowest BCUT2D eigenvalue weighted by Gasteiger charge is -2.22. The summed E-state index contributed by atoms with van der Waals surface area (Å²) in [6.45, 7) is 1.79. The summed E-state index contributed by atoms with van der Waals surface area (Å²) in [4.78, 5) is 12.2. The SMILES string of the molecule is COc1ccc(NC(=O)C2CNCCO2)cc1-n1cnnn1. The molecule has 116 valence electrons. The van der Waals surface area contributed by atoms with Gasteiger partial charge in [0.25, 0.3) is 5.91 Å². The zero-order chi connectivity index (χ0) is 15.4. The lowest BCUT2D eigenvalue weighted by atomic mass is 10.2. The van der Waals surface area contributed by atoms with Gasteiger partial charge in [0.05, 0.1) is 13.7 Å². The van der Waals surface area contributed by atoms with Gasteiger partial charge in [0.2, 0.25) is 0 Å². The Hall–Kier alpha value is -2.52. The molecule has 1 unspecified atom stereocenters. The topological polar surface area (TPSA) is 103 Å². The maximum atomic E-state index is 12.2. The Labute approximate surface area is 126 Å². The van der Waals surface area contributed by atoms with Gasteiger partial charge in [-0.1, -0.05) is 0 Å². The summed E-state index contributed by atoms with van der Waals surface area (Å²) in [5.74, 6) is 0.404. The van der Waals surface area contributed by atoms with Crippen LogP contribution in [0.5, 0.6) is 5.75 Å². The third-order valence-corrected chi connectivity index (χ3v) is 3.26. The van der Waals surface area contributed by atoms with Gasteiger partial charge < -0.3 is 20.1 Å². The number of benzene rings is 1. The molecule has 0 saturated carbocycles. The average molecular weight is 304 g/mol. The molecule has 1 aromatic carbocycles.